The van der Waals surface area contributed by atoms with Crippen LogP contribution in [0.1, 0.15) is 40.2 Å². The summed E-state index contributed by atoms with van der Waals surface area (Å²) in [6.45, 7) is 12.2. The van der Waals surface area contributed by atoms with Crippen molar-refractivity contribution in [2.75, 3.05) is 10.8 Å². The molecule has 1 aromatic rings. The van der Waals surface area contributed by atoms with Gasteiger partial charge in [0.05, 0.1) is 11.4 Å². The second kappa shape index (κ2) is 6.32. The van der Waals surface area contributed by atoms with E-state index < -0.39 is 0 Å². The van der Waals surface area contributed by atoms with Crippen molar-refractivity contribution in [2.45, 2.75) is 53.1 Å². The van der Waals surface area contributed by atoms with Gasteiger partial charge in [0, 0.05) is 11.7 Å². The summed E-state index contributed by atoms with van der Waals surface area (Å²) in [5.74, 6) is 0.598. The normalized spacial score (nSPS) is 18.5. The SMILES string of the molecule is Cc1cccc(N2CSC(=NC(C)(C)C)N(C(C)C)C2=O)c1. The summed E-state index contributed by atoms with van der Waals surface area (Å²) in [6, 6.07) is 8.13. The van der Waals surface area contributed by atoms with Crippen molar-refractivity contribution < 1.29 is 4.79 Å². The molecular weight excluding hydrogens is 294 g/mol. The number of amides is 2. The fourth-order valence-electron chi connectivity index (χ4n) is 2.25. The van der Waals surface area contributed by atoms with Gasteiger partial charge in [0.15, 0.2) is 5.17 Å². The first-order chi connectivity index (χ1) is 10.2. The van der Waals surface area contributed by atoms with E-state index in [1.165, 1.54) is 0 Å². The van der Waals surface area contributed by atoms with Crippen molar-refractivity contribution in [2.24, 2.45) is 4.99 Å². The van der Waals surface area contributed by atoms with E-state index in [1.54, 1.807) is 16.7 Å². The van der Waals surface area contributed by atoms with E-state index in [-0.39, 0.29) is 17.6 Å². The van der Waals surface area contributed by atoms with Crippen LogP contribution in [-0.4, -0.2) is 33.6 Å². The molecule has 0 N–H and O–H groups in total. The van der Waals surface area contributed by atoms with Crippen molar-refractivity contribution in [3.8, 4) is 0 Å². The highest BCUT2D eigenvalue weighted by atomic mass is 32.2. The minimum Gasteiger partial charge on any atom is -0.284 e. The number of carbonyl (C=O) groups excluding carboxylic acids is 1. The molecule has 1 saturated heterocycles. The molecule has 0 unspecified atom stereocenters. The van der Waals surface area contributed by atoms with Gasteiger partial charge in [-0.15, -0.1) is 0 Å². The van der Waals surface area contributed by atoms with E-state index in [2.05, 4.69) is 20.8 Å². The fraction of sp³-hybridized carbons (Fsp3) is 0.529. The third-order valence-corrected chi connectivity index (χ3v) is 4.16. The monoisotopic (exact) mass is 319 g/mol. The summed E-state index contributed by atoms with van der Waals surface area (Å²) in [4.78, 5) is 21.3. The Kier molecular flexibility index (Phi) is 4.85. The number of aryl methyl sites for hydroxylation is 1. The van der Waals surface area contributed by atoms with Gasteiger partial charge in [-0.3, -0.25) is 14.8 Å². The highest BCUT2D eigenvalue weighted by Crippen LogP contribution is 2.29. The molecule has 0 atom stereocenters. The van der Waals surface area contributed by atoms with Crippen LogP contribution in [-0.2, 0) is 0 Å². The molecule has 120 valence electrons. The average Bonchev–Trinajstić information content (AvgIpc) is 2.36. The Morgan fingerprint density at radius 2 is 1.95 bits per heavy atom. The highest BCUT2D eigenvalue weighted by Gasteiger charge is 2.34. The zero-order valence-electron chi connectivity index (χ0n) is 14.3. The first kappa shape index (κ1) is 16.9. The molecule has 22 heavy (non-hydrogen) atoms. The smallest absolute Gasteiger partial charge is 0.284 e. The maximum atomic E-state index is 12.9. The summed E-state index contributed by atoms with van der Waals surface area (Å²) in [5, 5.41) is 0.816. The summed E-state index contributed by atoms with van der Waals surface area (Å²) < 4.78 is 0. The van der Waals surface area contributed by atoms with E-state index in [0.717, 1.165) is 16.4 Å². The van der Waals surface area contributed by atoms with E-state index in [0.29, 0.717) is 5.88 Å². The maximum absolute atomic E-state index is 12.9. The summed E-state index contributed by atoms with van der Waals surface area (Å²) in [7, 11) is 0. The van der Waals surface area contributed by atoms with Crippen LogP contribution in [0.15, 0.2) is 29.3 Å². The molecule has 1 heterocycles. The van der Waals surface area contributed by atoms with Crippen molar-refractivity contribution in [1.29, 1.82) is 0 Å². The number of benzene rings is 1. The lowest BCUT2D eigenvalue weighted by atomic mass is 10.1. The second-order valence-electron chi connectivity index (χ2n) is 6.85. The van der Waals surface area contributed by atoms with Crippen LogP contribution in [0.3, 0.4) is 0 Å². The van der Waals surface area contributed by atoms with Crippen LogP contribution in [0.5, 0.6) is 0 Å². The molecule has 1 aromatic carbocycles. The molecule has 2 rings (SSSR count). The van der Waals surface area contributed by atoms with Gasteiger partial charge in [0.2, 0.25) is 0 Å². The Hall–Kier alpha value is -1.49. The maximum Gasteiger partial charge on any atom is 0.331 e. The largest absolute Gasteiger partial charge is 0.331 e. The van der Waals surface area contributed by atoms with E-state index in [4.69, 9.17) is 4.99 Å². The zero-order valence-corrected chi connectivity index (χ0v) is 15.1. The van der Waals surface area contributed by atoms with Crippen molar-refractivity contribution >= 4 is 28.6 Å². The van der Waals surface area contributed by atoms with Gasteiger partial charge in [-0.2, -0.15) is 0 Å². The summed E-state index contributed by atoms with van der Waals surface area (Å²) in [5.41, 5.74) is 1.90. The lowest BCUT2D eigenvalue weighted by Gasteiger charge is -2.39. The van der Waals surface area contributed by atoms with Gasteiger partial charge in [-0.25, -0.2) is 4.79 Å². The van der Waals surface area contributed by atoms with Crippen LogP contribution >= 0.6 is 11.8 Å². The van der Waals surface area contributed by atoms with Crippen LogP contribution in [0.25, 0.3) is 0 Å². The number of carbonyl (C=O) groups is 1. The molecule has 1 fully saturated rings. The first-order valence-corrected chi connectivity index (χ1v) is 8.57. The number of hydrogen-bond donors (Lipinski definition) is 0. The number of thioether (sulfide) groups is 1. The Morgan fingerprint density at radius 1 is 1.27 bits per heavy atom. The Morgan fingerprint density at radius 3 is 2.50 bits per heavy atom. The van der Waals surface area contributed by atoms with Crippen molar-refractivity contribution in [3.05, 3.63) is 29.8 Å². The molecule has 0 radical (unpaired) electrons. The lowest BCUT2D eigenvalue weighted by Crippen LogP contribution is -2.53. The molecule has 0 saturated carbocycles. The molecule has 0 aromatic heterocycles. The number of hydrogen-bond acceptors (Lipinski definition) is 3. The van der Waals surface area contributed by atoms with Gasteiger partial charge in [0.25, 0.3) is 0 Å². The summed E-state index contributed by atoms with van der Waals surface area (Å²) in [6.07, 6.45) is 0. The van der Waals surface area contributed by atoms with Crippen LogP contribution < -0.4 is 4.90 Å². The van der Waals surface area contributed by atoms with Crippen LogP contribution in [0.4, 0.5) is 10.5 Å². The third kappa shape index (κ3) is 3.83. The number of aliphatic imine (C=N–C) groups is 1. The number of rotatable bonds is 2. The molecular formula is C17H25N3OS. The van der Waals surface area contributed by atoms with E-state index in [9.17, 15) is 4.79 Å². The number of amidine groups is 1. The van der Waals surface area contributed by atoms with Crippen molar-refractivity contribution in [3.63, 3.8) is 0 Å². The Labute approximate surface area is 137 Å². The molecule has 0 bridgehead atoms. The number of nitrogens with zero attached hydrogens (tertiary/aromatic N) is 3. The van der Waals surface area contributed by atoms with Crippen LogP contribution in [0.2, 0.25) is 0 Å². The predicted octanol–water partition coefficient (Wildman–Crippen LogP) is 4.49. The number of urea groups is 1. The highest BCUT2D eigenvalue weighted by molar-refractivity contribution is 8.14. The minimum absolute atomic E-state index is 0.00218. The van der Waals surface area contributed by atoms with Gasteiger partial charge in [-0.1, -0.05) is 23.9 Å². The minimum atomic E-state index is -0.193. The molecule has 4 nitrogen and oxygen atoms in total. The Balaban J connectivity index is 2.35. The molecule has 1 aliphatic heterocycles. The molecule has 5 heteroatoms. The quantitative estimate of drug-likeness (QED) is 0.805. The molecule has 2 amide bonds. The van der Waals surface area contributed by atoms with Gasteiger partial charge in [-0.05, 0) is 59.2 Å². The average molecular weight is 319 g/mol. The molecule has 1 aliphatic rings. The predicted molar refractivity (Wildman–Crippen MR) is 95.7 cm³/mol. The fourth-order valence-corrected chi connectivity index (χ4v) is 3.53. The lowest BCUT2D eigenvalue weighted by molar-refractivity contribution is 0.220. The third-order valence-electron chi connectivity index (χ3n) is 3.23. The second-order valence-corrected chi connectivity index (χ2v) is 7.76. The number of anilines is 1. The van der Waals surface area contributed by atoms with Crippen molar-refractivity contribution in [1.82, 2.24) is 4.90 Å². The van der Waals surface area contributed by atoms with Gasteiger partial charge >= 0.3 is 6.03 Å². The zero-order chi connectivity index (χ0) is 16.5. The Bertz CT molecular complexity index is 590. The van der Waals surface area contributed by atoms with Gasteiger partial charge in [0.1, 0.15) is 0 Å². The van der Waals surface area contributed by atoms with Crippen LogP contribution in [0, 0.1) is 6.92 Å². The summed E-state index contributed by atoms with van der Waals surface area (Å²) >= 11 is 1.62. The molecule has 0 spiro atoms. The first-order valence-electron chi connectivity index (χ1n) is 7.59. The van der Waals surface area contributed by atoms with E-state index in [1.807, 2.05) is 49.9 Å². The topological polar surface area (TPSA) is 35.9 Å². The van der Waals surface area contributed by atoms with E-state index >= 15 is 0 Å². The molecule has 0 aliphatic carbocycles. The standard InChI is InChI=1S/C17H25N3OS/c1-12(2)20-15(18-17(4,5)6)22-11-19(16(20)21)14-9-7-8-13(3)10-14/h7-10,12H,11H2,1-6H3. The van der Waals surface area contributed by atoms with Gasteiger partial charge < -0.3 is 0 Å².